The molecule has 0 spiro atoms. The maximum absolute atomic E-state index is 12.2. The molecule has 0 aliphatic rings. The van der Waals surface area contributed by atoms with Gasteiger partial charge in [0, 0.05) is 23.7 Å². The summed E-state index contributed by atoms with van der Waals surface area (Å²) in [4.78, 5) is 15.4. The molecule has 118 valence electrons. The lowest BCUT2D eigenvalue weighted by Crippen LogP contribution is -2.32. The van der Waals surface area contributed by atoms with Gasteiger partial charge in [-0.3, -0.25) is 9.69 Å². The Labute approximate surface area is 144 Å². The number of carbonyl (C=O) groups excluding carboxylic acids is 1. The Morgan fingerprint density at radius 1 is 1.48 bits per heavy atom. The molecule has 4 nitrogen and oxygen atoms in total. The van der Waals surface area contributed by atoms with Crippen molar-refractivity contribution < 1.29 is 4.79 Å². The number of amides is 1. The second-order valence-electron chi connectivity index (χ2n) is 4.89. The van der Waals surface area contributed by atoms with Crippen molar-refractivity contribution in [3.63, 3.8) is 0 Å². The first-order chi connectivity index (χ1) is 11.1. The molecule has 0 saturated heterocycles. The van der Waals surface area contributed by atoms with Gasteiger partial charge in [0.05, 0.1) is 17.1 Å². The lowest BCUT2D eigenvalue weighted by atomic mass is 10.2. The van der Waals surface area contributed by atoms with Crippen molar-refractivity contribution in [2.24, 2.45) is 0 Å². The van der Waals surface area contributed by atoms with Crippen LogP contribution < -0.4 is 5.32 Å². The zero-order chi connectivity index (χ0) is 16.7. The Hall–Kier alpha value is -2.13. The highest BCUT2D eigenvalue weighted by molar-refractivity contribution is 7.09. The van der Waals surface area contributed by atoms with Crippen LogP contribution in [0.15, 0.2) is 48.4 Å². The van der Waals surface area contributed by atoms with E-state index in [9.17, 15) is 4.79 Å². The number of hydrogen-bond donors (Lipinski definition) is 1. The number of benzene rings is 1. The summed E-state index contributed by atoms with van der Waals surface area (Å²) in [5.41, 5.74) is 0.962. The second kappa shape index (κ2) is 8.49. The van der Waals surface area contributed by atoms with Crippen molar-refractivity contribution in [2.45, 2.75) is 6.54 Å². The molecule has 6 heteroatoms. The largest absolute Gasteiger partial charge is 0.325 e. The zero-order valence-electron chi connectivity index (χ0n) is 12.5. The average molecular weight is 346 g/mol. The molecule has 0 bridgehead atoms. The lowest BCUT2D eigenvalue weighted by Gasteiger charge is -2.19. The fourth-order valence-electron chi connectivity index (χ4n) is 2.08. The van der Waals surface area contributed by atoms with E-state index in [-0.39, 0.29) is 12.5 Å². The first-order valence-corrected chi connectivity index (χ1v) is 8.23. The summed E-state index contributed by atoms with van der Waals surface area (Å²) in [6.45, 7) is 5.31. The van der Waals surface area contributed by atoms with Crippen LogP contribution >= 0.6 is 22.9 Å². The van der Waals surface area contributed by atoms with E-state index >= 15 is 0 Å². The van der Waals surface area contributed by atoms with E-state index in [2.05, 4.69) is 11.9 Å². The Bertz CT molecular complexity index is 722. The smallest absolute Gasteiger partial charge is 0.238 e. The minimum atomic E-state index is -0.135. The van der Waals surface area contributed by atoms with Crippen molar-refractivity contribution in [1.82, 2.24) is 4.90 Å². The van der Waals surface area contributed by atoms with Crippen LogP contribution in [0, 0.1) is 11.3 Å². The van der Waals surface area contributed by atoms with Crippen LogP contribution in [0.5, 0.6) is 0 Å². The van der Waals surface area contributed by atoms with Gasteiger partial charge >= 0.3 is 0 Å². The molecule has 0 aliphatic carbocycles. The molecule has 0 atom stereocenters. The minimum absolute atomic E-state index is 0.135. The number of nitrogens with one attached hydrogen (secondary N) is 1. The summed E-state index contributed by atoms with van der Waals surface area (Å²) < 4.78 is 0. The number of hydrogen-bond acceptors (Lipinski definition) is 4. The fraction of sp³-hybridized carbons (Fsp3) is 0.176. The second-order valence-corrected chi connectivity index (χ2v) is 6.33. The van der Waals surface area contributed by atoms with Crippen molar-refractivity contribution in [1.29, 1.82) is 5.26 Å². The summed E-state index contributed by atoms with van der Waals surface area (Å²) in [6.07, 6.45) is 1.78. The van der Waals surface area contributed by atoms with Gasteiger partial charge in [-0.25, -0.2) is 0 Å². The summed E-state index contributed by atoms with van der Waals surface area (Å²) in [5, 5.41) is 14.0. The van der Waals surface area contributed by atoms with E-state index in [1.165, 1.54) is 4.88 Å². The quantitative estimate of drug-likeness (QED) is 0.774. The summed E-state index contributed by atoms with van der Waals surface area (Å²) in [7, 11) is 0. The summed E-state index contributed by atoms with van der Waals surface area (Å²) in [5.74, 6) is -0.135. The van der Waals surface area contributed by atoms with Crippen molar-refractivity contribution >= 4 is 34.5 Å². The minimum Gasteiger partial charge on any atom is -0.325 e. The van der Waals surface area contributed by atoms with Gasteiger partial charge in [-0.15, -0.1) is 17.9 Å². The number of rotatable bonds is 7. The highest BCUT2D eigenvalue weighted by atomic mass is 35.5. The van der Waals surface area contributed by atoms with Gasteiger partial charge in [0.2, 0.25) is 5.91 Å². The zero-order valence-corrected chi connectivity index (χ0v) is 14.0. The van der Waals surface area contributed by atoms with E-state index < -0.39 is 0 Å². The number of halogens is 1. The third-order valence-electron chi connectivity index (χ3n) is 3.09. The Kier molecular flexibility index (Phi) is 6.36. The number of nitriles is 1. The first kappa shape index (κ1) is 17.2. The SMILES string of the molecule is C=CCN(CC(=O)Nc1ccc(C#N)c(Cl)c1)Cc1cccs1. The standard InChI is InChI=1S/C17H16ClN3OS/c1-2-7-21(11-15-4-3-8-23-15)12-17(22)20-14-6-5-13(10-19)16(18)9-14/h2-6,8-9H,1,7,11-12H2,(H,20,22). The monoisotopic (exact) mass is 345 g/mol. The normalized spacial score (nSPS) is 10.3. The van der Waals surface area contributed by atoms with Crippen LogP contribution in [-0.2, 0) is 11.3 Å². The van der Waals surface area contributed by atoms with Crippen LogP contribution in [0.4, 0.5) is 5.69 Å². The molecule has 23 heavy (non-hydrogen) atoms. The molecule has 2 rings (SSSR count). The van der Waals surface area contributed by atoms with E-state index in [0.29, 0.717) is 29.4 Å². The van der Waals surface area contributed by atoms with Crippen LogP contribution in [0.3, 0.4) is 0 Å². The average Bonchev–Trinajstić information content (AvgIpc) is 3.00. The van der Waals surface area contributed by atoms with Crippen LogP contribution in [0.2, 0.25) is 5.02 Å². The highest BCUT2D eigenvalue weighted by Gasteiger charge is 2.11. The summed E-state index contributed by atoms with van der Waals surface area (Å²) in [6, 6.07) is 10.9. The Morgan fingerprint density at radius 3 is 2.91 bits per heavy atom. The Morgan fingerprint density at radius 2 is 2.30 bits per heavy atom. The predicted octanol–water partition coefficient (Wildman–Crippen LogP) is 3.90. The van der Waals surface area contributed by atoms with Gasteiger partial charge in [-0.05, 0) is 29.6 Å². The van der Waals surface area contributed by atoms with Crippen LogP contribution in [-0.4, -0.2) is 23.9 Å². The van der Waals surface area contributed by atoms with E-state index in [1.54, 1.807) is 35.6 Å². The number of carbonyl (C=O) groups is 1. The molecule has 0 fully saturated rings. The molecule has 1 aromatic carbocycles. The lowest BCUT2D eigenvalue weighted by molar-refractivity contribution is -0.117. The van der Waals surface area contributed by atoms with Crippen molar-refractivity contribution in [3.05, 3.63) is 63.8 Å². The molecule has 0 unspecified atom stereocenters. The first-order valence-electron chi connectivity index (χ1n) is 6.97. The maximum Gasteiger partial charge on any atom is 0.238 e. The molecule has 1 heterocycles. The topological polar surface area (TPSA) is 56.1 Å². The van der Waals surface area contributed by atoms with Gasteiger partial charge in [0.1, 0.15) is 6.07 Å². The maximum atomic E-state index is 12.2. The van der Waals surface area contributed by atoms with Gasteiger partial charge in [-0.1, -0.05) is 23.7 Å². The fourth-order valence-corrected chi connectivity index (χ4v) is 3.05. The van der Waals surface area contributed by atoms with Crippen molar-refractivity contribution in [2.75, 3.05) is 18.4 Å². The predicted molar refractivity (Wildman–Crippen MR) is 94.6 cm³/mol. The van der Waals surface area contributed by atoms with Crippen LogP contribution in [0.1, 0.15) is 10.4 Å². The van der Waals surface area contributed by atoms with Gasteiger partial charge in [0.15, 0.2) is 0 Å². The van der Waals surface area contributed by atoms with Crippen molar-refractivity contribution in [3.8, 4) is 6.07 Å². The molecule has 0 radical (unpaired) electrons. The number of anilines is 1. The molecule has 1 aromatic heterocycles. The molecule has 0 aliphatic heterocycles. The molecule has 0 saturated carbocycles. The number of nitrogens with zero attached hydrogens (tertiary/aromatic N) is 2. The van der Waals surface area contributed by atoms with E-state index in [1.807, 2.05) is 28.5 Å². The summed E-state index contributed by atoms with van der Waals surface area (Å²) >= 11 is 7.63. The number of thiophene rings is 1. The molecular formula is C17H16ClN3OS. The van der Waals surface area contributed by atoms with E-state index in [4.69, 9.17) is 16.9 Å². The van der Waals surface area contributed by atoms with Gasteiger partial charge < -0.3 is 5.32 Å². The van der Waals surface area contributed by atoms with Gasteiger partial charge in [-0.2, -0.15) is 5.26 Å². The third kappa shape index (κ3) is 5.22. The van der Waals surface area contributed by atoms with Crippen LogP contribution in [0.25, 0.3) is 0 Å². The molecular weight excluding hydrogens is 330 g/mol. The van der Waals surface area contributed by atoms with E-state index in [0.717, 1.165) is 0 Å². The van der Waals surface area contributed by atoms with Gasteiger partial charge in [0.25, 0.3) is 0 Å². The third-order valence-corrected chi connectivity index (χ3v) is 4.26. The Balaban J connectivity index is 1.97. The highest BCUT2D eigenvalue weighted by Crippen LogP contribution is 2.20. The molecule has 1 N–H and O–H groups in total. The molecule has 1 amide bonds. The molecule has 2 aromatic rings.